The van der Waals surface area contributed by atoms with Crippen LogP contribution in [-0.2, 0) is 20.9 Å². The molecule has 2 aromatic rings. The van der Waals surface area contributed by atoms with Gasteiger partial charge in [0.2, 0.25) is 0 Å². The number of hydrogen-bond acceptors (Lipinski definition) is 3. The van der Waals surface area contributed by atoms with Crippen LogP contribution in [-0.4, -0.2) is 8.42 Å². The summed E-state index contributed by atoms with van der Waals surface area (Å²) in [5.74, 6) is -0.459. The first-order valence-corrected chi connectivity index (χ1v) is 7.98. The van der Waals surface area contributed by atoms with E-state index in [1.807, 2.05) is 6.92 Å². The lowest BCUT2D eigenvalue weighted by atomic mass is 10.2. The zero-order valence-corrected chi connectivity index (χ0v) is 13.0. The first kappa shape index (κ1) is 15.2. The Morgan fingerprint density at radius 2 is 1.80 bits per heavy atom. The van der Waals surface area contributed by atoms with E-state index in [1.54, 1.807) is 18.2 Å². The van der Waals surface area contributed by atoms with E-state index in [4.69, 9.17) is 4.18 Å². The summed E-state index contributed by atoms with van der Waals surface area (Å²) in [5, 5.41) is 0. The maximum atomic E-state index is 13.3. The van der Waals surface area contributed by atoms with Gasteiger partial charge in [-0.25, -0.2) is 4.39 Å². The van der Waals surface area contributed by atoms with Gasteiger partial charge in [-0.2, -0.15) is 8.42 Å². The molecule has 0 spiro atoms. The molecule has 0 aliphatic carbocycles. The fourth-order valence-corrected chi connectivity index (χ4v) is 2.69. The summed E-state index contributed by atoms with van der Waals surface area (Å²) in [4.78, 5) is 0.0840. The minimum absolute atomic E-state index is 0.0840. The van der Waals surface area contributed by atoms with Crippen molar-refractivity contribution in [3.63, 3.8) is 0 Å². The van der Waals surface area contributed by atoms with E-state index < -0.39 is 15.9 Å². The SMILES string of the molecule is Cc1ccc(S(=O)(=O)OCc2ccc(Br)c(F)c2)cc1. The Labute approximate surface area is 125 Å². The third kappa shape index (κ3) is 3.65. The summed E-state index contributed by atoms with van der Waals surface area (Å²) in [7, 11) is -3.83. The van der Waals surface area contributed by atoms with Crippen molar-refractivity contribution < 1.29 is 17.0 Å². The molecule has 2 aromatic carbocycles. The Kier molecular flexibility index (Phi) is 4.57. The molecular weight excluding hydrogens is 347 g/mol. The normalized spacial score (nSPS) is 11.6. The Morgan fingerprint density at radius 3 is 2.40 bits per heavy atom. The molecule has 0 heterocycles. The summed E-state index contributed by atoms with van der Waals surface area (Å²) in [6.07, 6.45) is 0. The van der Waals surface area contributed by atoms with Gasteiger partial charge in [0, 0.05) is 0 Å². The first-order valence-electron chi connectivity index (χ1n) is 5.78. The Balaban J connectivity index is 2.13. The molecule has 3 nitrogen and oxygen atoms in total. The predicted molar refractivity (Wildman–Crippen MR) is 77.3 cm³/mol. The van der Waals surface area contributed by atoms with Gasteiger partial charge in [-0.15, -0.1) is 0 Å². The molecule has 0 N–H and O–H groups in total. The molecule has 0 amide bonds. The molecule has 0 unspecified atom stereocenters. The maximum absolute atomic E-state index is 13.3. The van der Waals surface area contributed by atoms with Gasteiger partial charge >= 0.3 is 0 Å². The highest BCUT2D eigenvalue weighted by Crippen LogP contribution is 2.19. The van der Waals surface area contributed by atoms with Crippen LogP contribution in [0.1, 0.15) is 11.1 Å². The lowest BCUT2D eigenvalue weighted by molar-refractivity contribution is 0.307. The van der Waals surface area contributed by atoms with Gasteiger partial charge < -0.3 is 0 Å². The van der Waals surface area contributed by atoms with Crippen LogP contribution in [0.4, 0.5) is 4.39 Å². The monoisotopic (exact) mass is 358 g/mol. The third-order valence-electron chi connectivity index (χ3n) is 2.67. The van der Waals surface area contributed by atoms with Crippen molar-refractivity contribution in [3.05, 3.63) is 63.9 Å². The molecule has 20 heavy (non-hydrogen) atoms. The minimum atomic E-state index is -3.83. The van der Waals surface area contributed by atoms with Crippen LogP contribution in [0.15, 0.2) is 51.8 Å². The molecule has 0 saturated carbocycles. The average Bonchev–Trinajstić information content (AvgIpc) is 2.41. The molecule has 0 bridgehead atoms. The maximum Gasteiger partial charge on any atom is 0.297 e. The topological polar surface area (TPSA) is 43.4 Å². The molecule has 6 heteroatoms. The van der Waals surface area contributed by atoms with Gasteiger partial charge in [0.05, 0.1) is 16.0 Å². The van der Waals surface area contributed by atoms with Crippen LogP contribution < -0.4 is 0 Å². The van der Waals surface area contributed by atoms with Crippen molar-refractivity contribution in [2.75, 3.05) is 0 Å². The summed E-state index contributed by atoms with van der Waals surface area (Å²) < 4.78 is 42.4. The van der Waals surface area contributed by atoms with Gasteiger partial charge in [-0.05, 0) is 52.7 Å². The zero-order chi connectivity index (χ0) is 14.8. The van der Waals surface area contributed by atoms with E-state index >= 15 is 0 Å². The lowest BCUT2D eigenvalue weighted by Gasteiger charge is -2.06. The highest BCUT2D eigenvalue weighted by atomic mass is 79.9. The number of halogens is 2. The van der Waals surface area contributed by atoms with Gasteiger partial charge in [0.15, 0.2) is 0 Å². The molecule has 0 aromatic heterocycles. The summed E-state index contributed by atoms with van der Waals surface area (Å²) in [6.45, 7) is 1.66. The number of rotatable bonds is 4. The van der Waals surface area contributed by atoms with Crippen molar-refractivity contribution in [3.8, 4) is 0 Å². The second kappa shape index (κ2) is 6.03. The third-order valence-corrected chi connectivity index (χ3v) is 4.60. The van der Waals surface area contributed by atoms with E-state index in [-0.39, 0.29) is 11.5 Å². The molecular formula is C14H12BrFO3S. The molecule has 0 radical (unpaired) electrons. The molecule has 0 fully saturated rings. The number of hydrogen-bond donors (Lipinski definition) is 0. The predicted octanol–water partition coefficient (Wildman–Crippen LogP) is 3.80. The van der Waals surface area contributed by atoms with Crippen LogP contribution in [0.25, 0.3) is 0 Å². The van der Waals surface area contributed by atoms with Gasteiger partial charge in [-0.3, -0.25) is 4.18 Å². The first-order chi connectivity index (χ1) is 9.38. The second-order valence-electron chi connectivity index (χ2n) is 4.28. The summed E-state index contributed by atoms with van der Waals surface area (Å²) in [5.41, 5.74) is 1.40. The molecule has 2 rings (SSSR count). The van der Waals surface area contributed by atoms with Gasteiger partial charge in [0.1, 0.15) is 5.82 Å². The van der Waals surface area contributed by atoms with E-state index in [1.165, 1.54) is 24.3 Å². The molecule has 0 aliphatic heterocycles. The average molecular weight is 359 g/mol. The highest BCUT2D eigenvalue weighted by molar-refractivity contribution is 9.10. The quantitative estimate of drug-likeness (QED) is 0.780. The molecule has 106 valence electrons. The minimum Gasteiger partial charge on any atom is -0.262 e. The fraction of sp³-hybridized carbons (Fsp3) is 0.143. The van der Waals surface area contributed by atoms with Crippen LogP contribution in [0.5, 0.6) is 0 Å². The van der Waals surface area contributed by atoms with Gasteiger partial charge in [0.25, 0.3) is 10.1 Å². The van der Waals surface area contributed by atoms with E-state index in [0.29, 0.717) is 10.0 Å². The van der Waals surface area contributed by atoms with Crippen molar-refractivity contribution in [2.24, 2.45) is 0 Å². The van der Waals surface area contributed by atoms with E-state index in [2.05, 4.69) is 15.9 Å². The fourth-order valence-electron chi connectivity index (χ4n) is 1.55. The van der Waals surface area contributed by atoms with Crippen LogP contribution in [0, 0.1) is 12.7 Å². The standard InChI is InChI=1S/C14H12BrFO3S/c1-10-2-5-12(6-3-10)20(17,18)19-9-11-4-7-13(15)14(16)8-11/h2-8H,9H2,1H3. The Bertz CT molecular complexity index is 712. The molecule has 0 aliphatic rings. The largest absolute Gasteiger partial charge is 0.297 e. The van der Waals surface area contributed by atoms with Crippen molar-refractivity contribution in [1.82, 2.24) is 0 Å². The van der Waals surface area contributed by atoms with Gasteiger partial charge in [-0.1, -0.05) is 23.8 Å². The summed E-state index contributed by atoms with van der Waals surface area (Å²) in [6, 6.07) is 10.7. The summed E-state index contributed by atoms with van der Waals surface area (Å²) >= 11 is 3.03. The van der Waals surface area contributed by atoms with E-state index in [9.17, 15) is 12.8 Å². The number of aryl methyl sites for hydroxylation is 1. The Morgan fingerprint density at radius 1 is 1.15 bits per heavy atom. The van der Waals surface area contributed by atoms with Crippen LogP contribution in [0.2, 0.25) is 0 Å². The van der Waals surface area contributed by atoms with Crippen molar-refractivity contribution >= 4 is 26.0 Å². The second-order valence-corrected chi connectivity index (χ2v) is 6.75. The molecule has 0 atom stereocenters. The lowest BCUT2D eigenvalue weighted by Crippen LogP contribution is -2.06. The molecule has 0 saturated heterocycles. The van der Waals surface area contributed by atoms with E-state index in [0.717, 1.165) is 5.56 Å². The van der Waals surface area contributed by atoms with Crippen LogP contribution in [0.3, 0.4) is 0 Å². The number of benzene rings is 2. The Hall–Kier alpha value is -1.24. The van der Waals surface area contributed by atoms with Crippen LogP contribution >= 0.6 is 15.9 Å². The smallest absolute Gasteiger partial charge is 0.262 e. The highest BCUT2D eigenvalue weighted by Gasteiger charge is 2.15. The van der Waals surface area contributed by atoms with Crippen molar-refractivity contribution in [2.45, 2.75) is 18.4 Å². The zero-order valence-electron chi connectivity index (χ0n) is 10.6. The van der Waals surface area contributed by atoms with Crippen molar-refractivity contribution in [1.29, 1.82) is 0 Å².